The van der Waals surface area contributed by atoms with E-state index in [1.54, 1.807) is 0 Å². The molecule has 1 atom stereocenters. The van der Waals surface area contributed by atoms with Crippen molar-refractivity contribution in [1.29, 1.82) is 0 Å². The van der Waals surface area contributed by atoms with Crippen LogP contribution in [0.15, 0.2) is 12.1 Å². The Labute approximate surface area is 161 Å². The summed E-state index contributed by atoms with van der Waals surface area (Å²) in [7, 11) is -2.86. The second-order valence-corrected chi connectivity index (χ2v) is 8.68. The van der Waals surface area contributed by atoms with Crippen molar-refractivity contribution in [3.05, 3.63) is 22.7 Å². The molecule has 0 aromatic heterocycles. The van der Waals surface area contributed by atoms with Gasteiger partial charge in [0.2, 0.25) is 0 Å². The highest BCUT2D eigenvalue weighted by molar-refractivity contribution is 7.91. The van der Waals surface area contributed by atoms with E-state index >= 15 is 0 Å². The number of aliphatic carboxylic acids is 2. The predicted molar refractivity (Wildman–Crippen MR) is 96.2 cm³/mol. The number of carboxylic acids is 2. The quantitative estimate of drug-likeness (QED) is 0.608. The Morgan fingerprint density at radius 1 is 1.19 bits per heavy atom. The van der Waals surface area contributed by atoms with Crippen molar-refractivity contribution in [2.45, 2.75) is 25.4 Å². The Bertz CT molecular complexity index is 799. The van der Waals surface area contributed by atoms with E-state index in [2.05, 4.69) is 5.32 Å². The minimum atomic E-state index is -2.86. The molecule has 3 N–H and O–H groups in total. The van der Waals surface area contributed by atoms with Crippen LogP contribution in [-0.2, 0) is 26.0 Å². The molecule has 0 aliphatic carbocycles. The van der Waals surface area contributed by atoms with E-state index < -0.39 is 21.8 Å². The van der Waals surface area contributed by atoms with E-state index in [9.17, 15) is 8.42 Å². The first kappa shape index (κ1) is 21.3. The normalized spacial score (nSPS) is 20.1. The van der Waals surface area contributed by atoms with Gasteiger partial charge in [-0.25, -0.2) is 18.0 Å². The molecule has 0 saturated carbocycles. The molecule has 0 bridgehead atoms. The highest BCUT2D eigenvalue weighted by Gasteiger charge is 2.27. The number of hydrogen-bond donors (Lipinski definition) is 3. The van der Waals surface area contributed by atoms with Crippen LogP contribution in [0, 0.1) is 0 Å². The van der Waals surface area contributed by atoms with Crippen molar-refractivity contribution in [3.8, 4) is 11.5 Å². The summed E-state index contributed by atoms with van der Waals surface area (Å²) >= 11 is 6.23. The van der Waals surface area contributed by atoms with Gasteiger partial charge >= 0.3 is 11.9 Å². The van der Waals surface area contributed by atoms with Gasteiger partial charge in [-0.1, -0.05) is 11.6 Å². The third-order valence-corrected chi connectivity index (χ3v) is 5.92. The summed E-state index contributed by atoms with van der Waals surface area (Å²) in [5.74, 6) is -1.90. The van der Waals surface area contributed by atoms with Crippen LogP contribution >= 0.6 is 11.6 Å². The van der Waals surface area contributed by atoms with Crippen LogP contribution in [0.25, 0.3) is 0 Å². The molecule has 150 valence electrons. The summed E-state index contributed by atoms with van der Waals surface area (Å²) in [4.78, 5) is 18.2. The average Bonchev–Trinajstić information content (AvgIpc) is 2.79. The molecular weight excluding hydrogens is 402 g/mol. The van der Waals surface area contributed by atoms with Gasteiger partial charge in [0.15, 0.2) is 21.3 Å². The van der Waals surface area contributed by atoms with E-state index in [1.807, 2.05) is 12.1 Å². The number of carboxylic acid groups (broad SMARTS) is 2. The number of sulfone groups is 1. The van der Waals surface area contributed by atoms with Crippen LogP contribution in [0.2, 0.25) is 5.02 Å². The molecule has 1 aromatic carbocycles. The highest BCUT2D eigenvalue weighted by Crippen LogP contribution is 2.38. The van der Waals surface area contributed by atoms with Gasteiger partial charge in [-0.15, -0.1) is 0 Å². The molecule has 11 heteroatoms. The van der Waals surface area contributed by atoms with Crippen LogP contribution in [0.4, 0.5) is 0 Å². The molecule has 0 spiro atoms. The number of nitrogens with one attached hydrogen (secondary N) is 1. The van der Waals surface area contributed by atoms with Gasteiger partial charge in [0.05, 0.1) is 29.7 Å². The van der Waals surface area contributed by atoms with Gasteiger partial charge in [-0.05, 0) is 24.1 Å². The maximum Gasteiger partial charge on any atom is 0.414 e. The number of ether oxygens (including phenoxy) is 2. The molecular formula is C16H20ClNO8S. The van der Waals surface area contributed by atoms with Gasteiger partial charge in [0.25, 0.3) is 0 Å². The lowest BCUT2D eigenvalue weighted by Crippen LogP contribution is -2.29. The van der Waals surface area contributed by atoms with Gasteiger partial charge in [0.1, 0.15) is 0 Å². The first-order valence-electron chi connectivity index (χ1n) is 8.16. The van der Waals surface area contributed by atoms with Gasteiger partial charge in [0, 0.05) is 19.0 Å². The van der Waals surface area contributed by atoms with E-state index in [-0.39, 0.29) is 17.5 Å². The van der Waals surface area contributed by atoms with Crippen LogP contribution in [0.5, 0.6) is 11.5 Å². The van der Waals surface area contributed by atoms with Crippen LogP contribution in [0.1, 0.15) is 18.4 Å². The molecule has 0 radical (unpaired) electrons. The van der Waals surface area contributed by atoms with E-state index in [0.29, 0.717) is 42.7 Å². The summed E-state index contributed by atoms with van der Waals surface area (Å²) in [6, 6.07) is 3.76. The lowest BCUT2D eigenvalue weighted by atomic mass is 10.1. The molecule has 1 aromatic rings. The average molecular weight is 422 g/mol. The number of fused-ring (bicyclic) bond motifs is 1. The van der Waals surface area contributed by atoms with E-state index in [0.717, 1.165) is 12.0 Å². The zero-order valence-electron chi connectivity index (χ0n) is 14.3. The largest absolute Gasteiger partial charge is 0.489 e. The van der Waals surface area contributed by atoms with E-state index in [4.69, 9.17) is 40.9 Å². The van der Waals surface area contributed by atoms with Gasteiger partial charge < -0.3 is 25.0 Å². The van der Waals surface area contributed by atoms with Crippen molar-refractivity contribution >= 4 is 33.4 Å². The lowest BCUT2D eigenvalue weighted by Gasteiger charge is -2.14. The maximum absolute atomic E-state index is 11.4. The van der Waals surface area contributed by atoms with Crippen molar-refractivity contribution < 1.29 is 37.7 Å². The summed E-state index contributed by atoms with van der Waals surface area (Å²) in [5.41, 5.74) is 0.966. The molecule has 1 saturated heterocycles. The Balaban J connectivity index is 0.000000380. The third-order valence-electron chi connectivity index (χ3n) is 3.87. The zero-order valence-corrected chi connectivity index (χ0v) is 15.9. The number of rotatable bonds is 3. The standard InChI is InChI=1S/C14H18ClNO4S.C2H2O4/c15-12-6-10(7-13-14(12)20-4-1-3-19-13)8-16-11-2-5-21(17,18)9-11;3-1(4)2(5)6/h6-7,11,16H,1-5,8-9H2;(H,3,4)(H,5,6). The monoisotopic (exact) mass is 421 g/mol. The fourth-order valence-electron chi connectivity index (χ4n) is 2.60. The Hall–Kier alpha value is -2.04. The van der Waals surface area contributed by atoms with Crippen LogP contribution in [-0.4, -0.2) is 61.3 Å². The number of carbonyl (C=O) groups is 2. The first-order valence-corrected chi connectivity index (χ1v) is 10.4. The van der Waals surface area contributed by atoms with Gasteiger partial charge in [-0.3, -0.25) is 0 Å². The van der Waals surface area contributed by atoms with Crippen molar-refractivity contribution in [2.75, 3.05) is 24.7 Å². The molecule has 0 amide bonds. The zero-order chi connectivity index (χ0) is 20.0. The molecule has 3 rings (SSSR count). The van der Waals surface area contributed by atoms with Crippen molar-refractivity contribution in [1.82, 2.24) is 5.32 Å². The third kappa shape index (κ3) is 6.56. The molecule has 1 fully saturated rings. The number of benzene rings is 1. The van der Waals surface area contributed by atoms with Crippen LogP contribution < -0.4 is 14.8 Å². The minimum Gasteiger partial charge on any atom is -0.489 e. The summed E-state index contributed by atoms with van der Waals surface area (Å²) < 4.78 is 34.1. The second-order valence-electron chi connectivity index (χ2n) is 6.05. The predicted octanol–water partition coefficient (Wildman–Crippen LogP) is 0.934. The SMILES string of the molecule is O=C(O)C(=O)O.O=S1(=O)CCC(NCc2cc(Cl)c3c(c2)OCCCO3)C1. The fraction of sp³-hybridized carbons (Fsp3) is 0.500. The molecule has 2 aliphatic rings. The van der Waals surface area contributed by atoms with Crippen LogP contribution in [0.3, 0.4) is 0 Å². The number of hydrogen-bond acceptors (Lipinski definition) is 7. The second kappa shape index (κ2) is 9.25. The molecule has 1 unspecified atom stereocenters. The molecule has 9 nitrogen and oxygen atoms in total. The van der Waals surface area contributed by atoms with Crippen molar-refractivity contribution in [3.63, 3.8) is 0 Å². The molecule has 27 heavy (non-hydrogen) atoms. The van der Waals surface area contributed by atoms with E-state index in [1.165, 1.54) is 0 Å². The van der Waals surface area contributed by atoms with Crippen molar-refractivity contribution in [2.24, 2.45) is 0 Å². The first-order chi connectivity index (χ1) is 12.7. The highest BCUT2D eigenvalue weighted by atomic mass is 35.5. The summed E-state index contributed by atoms with van der Waals surface area (Å²) in [5, 5.41) is 18.6. The molecule has 2 aliphatic heterocycles. The molecule has 2 heterocycles. The topological polar surface area (TPSA) is 139 Å². The number of halogens is 1. The fourth-order valence-corrected chi connectivity index (χ4v) is 4.60. The summed E-state index contributed by atoms with van der Waals surface area (Å²) in [6.07, 6.45) is 1.50. The smallest absolute Gasteiger partial charge is 0.414 e. The Morgan fingerprint density at radius 2 is 1.85 bits per heavy atom. The lowest BCUT2D eigenvalue weighted by molar-refractivity contribution is -0.159. The van der Waals surface area contributed by atoms with Gasteiger partial charge in [-0.2, -0.15) is 0 Å². The minimum absolute atomic E-state index is 0.0183. The Kier molecular flexibility index (Phi) is 7.28. The maximum atomic E-state index is 11.4. The Morgan fingerprint density at radius 3 is 2.44 bits per heavy atom. The summed E-state index contributed by atoms with van der Waals surface area (Å²) in [6.45, 7) is 1.78.